The predicted octanol–water partition coefficient (Wildman–Crippen LogP) is 4.31. The van der Waals surface area contributed by atoms with Gasteiger partial charge < -0.3 is 10.3 Å². The van der Waals surface area contributed by atoms with Crippen LogP contribution in [0, 0.1) is 11.6 Å². The molecule has 2 aromatic heterocycles. The van der Waals surface area contributed by atoms with Gasteiger partial charge in [-0.15, -0.1) is 0 Å². The monoisotopic (exact) mass is 403 g/mol. The third-order valence-electron chi connectivity index (χ3n) is 4.93. The molecule has 0 unspecified atom stereocenters. The van der Waals surface area contributed by atoms with Crippen molar-refractivity contribution in [1.82, 2.24) is 25.5 Å². The zero-order chi connectivity index (χ0) is 20.7. The number of para-hydroxylation sites is 1. The lowest BCUT2D eigenvalue weighted by Gasteiger charge is -2.07. The number of benzene rings is 3. The SMILES string of the molecule is O=C(NCc1c(F)cccc1F)c1ccc2[nH]c(-c3n[nH]c4ccccc34)nc2c1. The van der Waals surface area contributed by atoms with Gasteiger partial charge in [0.25, 0.3) is 5.91 Å². The first-order valence-corrected chi connectivity index (χ1v) is 9.24. The molecule has 0 aliphatic rings. The van der Waals surface area contributed by atoms with Crippen molar-refractivity contribution in [3.8, 4) is 11.5 Å². The Labute approximate surface area is 169 Å². The molecule has 0 radical (unpaired) electrons. The molecule has 5 rings (SSSR count). The number of rotatable bonds is 4. The summed E-state index contributed by atoms with van der Waals surface area (Å²) in [6, 6.07) is 16.3. The van der Waals surface area contributed by atoms with Crippen molar-refractivity contribution in [2.75, 3.05) is 0 Å². The second-order valence-electron chi connectivity index (χ2n) is 6.82. The lowest BCUT2D eigenvalue weighted by atomic mass is 10.1. The number of aromatic nitrogens is 4. The summed E-state index contributed by atoms with van der Waals surface area (Å²) in [5.41, 5.74) is 3.07. The highest BCUT2D eigenvalue weighted by Gasteiger charge is 2.15. The van der Waals surface area contributed by atoms with E-state index in [9.17, 15) is 13.6 Å². The summed E-state index contributed by atoms with van der Waals surface area (Å²) in [7, 11) is 0. The molecule has 0 fully saturated rings. The van der Waals surface area contributed by atoms with Crippen LogP contribution in [0.4, 0.5) is 8.78 Å². The van der Waals surface area contributed by atoms with Gasteiger partial charge in [-0.1, -0.05) is 24.3 Å². The average molecular weight is 403 g/mol. The molecule has 2 heterocycles. The van der Waals surface area contributed by atoms with Crippen molar-refractivity contribution >= 4 is 27.8 Å². The molecule has 5 aromatic rings. The molecule has 0 aliphatic carbocycles. The maximum Gasteiger partial charge on any atom is 0.251 e. The van der Waals surface area contributed by atoms with E-state index in [0.29, 0.717) is 22.6 Å². The summed E-state index contributed by atoms with van der Waals surface area (Å²) in [6.07, 6.45) is 0. The van der Waals surface area contributed by atoms with E-state index in [4.69, 9.17) is 0 Å². The molecule has 0 saturated heterocycles. The van der Waals surface area contributed by atoms with Gasteiger partial charge in [0.05, 0.1) is 16.6 Å². The minimum atomic E-state index is -0.700. The Morgan fingerprint density at radius 1 is 0.967 bits per heavy atom. The fraction of sp³-hybridized carbons (Fsp3) is 0.0455. The second kappa shape index (κ2) is 7.07. The first-order chi connectivity index (χ1) is 14.6. The second-order valence-corrected chi connectivity index (χ2v) is 6.82. The number of aromatic amines is 2. The van der Waals surface area contributed by atoms with Crippen LogP contribution in [0.5, 0.6) is 0 Å². The molecule has 0 bridgehead atoms. The molecule has 148 valence electrons. The Morgan fingerprint density at radius 2 is 1.77 bits per heavy atom. The Morgan fingerprint density at radius 3 is 2.60 bits per heavy atom. The van der Waals surface area contributed by atoms with Crippen LogP contribution in [-0.2, 0) is 6.54 Å². The molecule has 0 atom stereocenters. The first-order valence-electron chi connectivity index (χ1n) is 9.24. The fourth-order valence-electron chi connectivity index (χ4n) is 3.38. The number of halogens is 2. The van der Waals surface area contributed by atoms with Crippen molar-refractivity contribution < 1.29 is 13.6 Å². The Hall–Kier alpha value is -4.07. The molecule has 6 nitrogen and oxygen atoms in total. The molecule has 0 saturated carbocycles. The van der Waals surface area contributed by atoms with E-state index in [1.165, 1.54) is 6.07 Å². The highest BCUT2D eigenvalue weighted by atomic mass is 19.1. The van der Waals surface area contributed by atoms with Crippen LogP contribution in [0.3, 0.4) is 0 Å². The minimum absolute atomic E-state index is 0.181. The minimum Gasteiger partial charge on any atom is -0.348 e. The zero-order valence-corrected chi connectivity index (χ0v) is 15.5. The van der Waals surface area contributed by atoms with Crippen LogP contribution < -0.4 is 5.32 Å². The highest BCUT2D eigenvalue weighted by molar-refractivity contribution is 5.98. The van der Waals surface area contributed by atoms with E-state index in [-0.39, 0.29) is 12.1 Å². The average Bonchev–Trinajstić information content (AvgIpc) is 3.36. The van der Waals surface area contributed by atoms with Gasteiger partial charge in [-0.05, 0) is 36.4 Å². The van der Waals surface area contributed by atoms with Gasteiger partial charge in [0.1, 0.15) is 17.3 Å². The van der Waals surface area contributed by atoms with Crippen molar-refractivity contribution in [2.45, 2.75) is 6.54 Å². The van der Waals surface area contributed by atoms with Crippen LogP contribution in [0.2, 0.25) is 0 Å². The summed E-state index contributed by atoms with van der Waals surface area (Å²) in [6.45, 7) is -0.250. The number of hydrogen-bond donors (Lipinski definition) is 3. The van der Waals surface area contributed by atoms with Gasteiger partial charge in [0.2, 0.25) is 0 Å². The third-order valence-corrected chi connectivity index (χ3v) is 4.93. The Kier molecular flexibility index (Phi) is 4.24. The molecular formula is C22H15F2N5O. The number of nitrogens with zero attached hydrogens (tertiary/aromatic N) is 2. The van der Waals surface area contributed by atoms with Crippen LogP contribution in [-0.4, -0.2) is 26.1 Å². The quantitative estimate of drug-likeness (QED) is 0.418. The number of imidazole rings is 1. The van der Waals surface area contributed by atoms with Crippen LogP contribution in [0.25, 0.3) is 33.5 Å². The Bertz CT molecular complexity index is 1390. The lowest BCUT2D eigenvalue weighted by molar-refractivity contribution is 0.0950. The normalized spacial score (nSPS) is 11.3. The number of amides is 1. The van der Waals surface area contributed by atoms with Crippen molar-refractivity contribution in [2.24, 2.45) is 0 Å². The largest absolute Gasteiger partial charge is 0.348 e. The number of carbonyl (C=O) groups excluding carboxylic acids is 1. The van der Waals surface area contributed by atoms with Crippen molar-refractivity contribution in [3.05, 3.63) is 83.4 Å². The molecule has 3 N–H and O–H groups in total. The van der Waals surface area contributed by atoms with Gasteiger partial charge in [0, 0.05) is 23.1 Å². The number of hydrogen-bond acceptors (Lipinski definition) is 3. The lowest BCUT2D eigenvalue weighted by Crippen LogP contribution is -2.23. The summed E-state index contributed by atoms with van der Waals surface area (Å²) in [5, 5.41) is 10.8. The maximum atomic E-state index is 13.7. The van der Waals surface area contributed by atoms with E-state index in [1.807, 2.05) is 24.3 Å². The van der Waals surface area contributed by atoms with Crippen molar-refractivity contribution in [1.29, 1.82) is 0 Å². The molecule has 30 heavy (non-hydrogen) atoms. The van der Waals surface area contributed by atoms with Gasteiger partial charge in [-0.3, -0.25) is 9.89 Å². The smallest absolute Gasteiger partial charge is 0.251 e. The number of nitrogens with one attached hydrogen (secondary N) is 3. The number of H-pyrrole nitrogens is 2. The van der Waals surface area contributed by atoms with Crippen LogP contribution >= 0.6 is 0 Å². The molecule has 0 spiro atoms. The molecule has 1 amide bonds. The summed E-state index contributed by atoms with van der Waals surface area (Å²) in [4.78, 5) is 20.2. The van der Waals surface area contributed by atoms with E-state index >= 15 is 0 Å². The van der Waals surface area contributed by atoms with E-state index in [2.05, 4.69) is 25.5 Å². The summed E-state index contributed by atoms with van der Waals surface area (Å²) < 4.78 is 27.5. The third kappa shape index (κ3) is 3.08. The molecule has 0 aliphatic heterocycles. The Balaban J connectivity index is 1.42. The maximum absolute atomic E-state index is 13.7. The van der Waals surface area contributed by atoms with Gasteiger partial charge in [-0.2, -0.15) is 5.10 Å². The number of fused-ring (bicyclic) bond motifs is 2. The fourth-order valence-corrected chi connectivity index (χ4v) is 3.38. The number of carbonyl (C=O) groups is 1. The van der Waals surface area contributed by atoms with E-state index in [0.717, 1.165) is 28.6 Å². The standard InChI is InChI=1S/C22H15F2N5O/c23-15-5-3-6-16(24)14(15)11-25-22(30)12-8-9-18-19(10-12)27-21(26-18)20-13-4-1-2-7-17(13)28-29-20/h1-10H,11H2,(H,25,30)(H,26,27)(H,28,29). The van der Waals surface area contributed by atoms with Crippen LogP contribution in [0.1, 0.15) is 15.9 Å². The zero-order valence-electron chi connectivity index (χ0n) is 15.5. The van der Waals surface area contributed by atoms with Crippen LogP contribution in [0.15, 0.2) is 60.7 Å². The molecule has 8 heteroatoms. The summed E-state index contributed by atoms with van der Waals surface area (Å²) >= 11 is 0. The molecular weight excluding hydrogens is 388 g/mol. The summed E-state index contributed by atoms with van der Waals surface area (Å²) in [5.74, 6) is -1.27. The van der Waals surface area contributed by atoms with Gasteiger partial charge >= 0.3 is 0 Å². The van der Waals surface area contributed by atoms with Crippen molar-refractivity contribution in [3.63, 3.8) is 0 Å². The highest BCUT2D eigenvalue weighted by Crippen LogP contribution is 2.26. The van der Waals surface area contributed by atoms with E-state index < -0.39 is 17.5 Å². The van der Waals surface area contributed by atoms with E-state index in [1.54, 1.807) is 18.2 Å². The molecule has 3 aromatic carbocycles. The van der Waals surface area contributed by atoms with Gasteiger partial charge in [0.15, 0.2) is 5.82 Å². The predicted molar refractivity (Wildman–Crippen MR) is 109 cm³/mol. The first kappa shape index (κ1) is 18.0. The topological polar surface area (TPSA) is 86.5 Å². The van der Waals surface area contributed by atoms with Gasteiger partial charge in [-0.25, -0.2) is 13.8 Å².